The number of aromatic nitrogens is 2. The average molecular weight is 396 g/mol. The number of benzene rings is 2. The van der Waals surface area contributed by atoms with Gasteiger partial charge in [0.15, 0.2) is 0 Å². The van der Waals surface area contributed by atoms with Crippen molar-refractivity contribution in [1.29, 1.82) is 0 Å². The number of halogens is 2. The van der Waals surface area contributed by atoms with Crippen LogP contribution in [0.3, 0.4) is 0 Å². The van der Waals surface area contributed by atoms with Gasteiger partial charge in [-0.3, -0.25) is 0 Å². The third-order valence-electron chi connectivity index (χ3n) is 2.62. The van der Waals surface area contributed by atoms with E-state index in [2.05, 4.69) is 42.1 Å². The fourth-order valence-corrected chi connectivity index (χ4v) is 3.43. The molecule has 0 radical (unpaired) electrons. The summed E-state index contributed by atoms with van der Waals surface area (Å²) in [7, 11) is 0. The minimum atomic E-state index is 0.922. The van der Waals surface area contributed by atoms with Gasteiger partial charge in [-0.2, -0.15) is 0 Å². The maximum Gasteiger partial charge on any atom is 0.149 e. The summed E-state index contributed by atoms with van der Waals surface area (Å²) in [5.74, 6) is 0. The summed E-state index contributed by atoms with van der Waals surface area (Å²) >= 11 is 8.56. The van der Waals surface area contributed by atoms with Crippen molar-refractivity contribution in [2.75, 3.05) is 0 Å². The molecule has 0 aliphatic carbocycles. The zero-order chi connectivity index (χ0) is 13.2. The smallest absolute Gasteiger partial charge is 0.138 e. The Morgan fingerprint density at radius 1 is 0.789 bits per heavy atom. The van der Waals surface area contributed by atoms with Crippen LogP contribution >= 0.6 is 43.2 Å². The highest BCUT2D eigenvalue weighted by Gasteiger charge is 2.10. The Kier molecular flexibility index (Phi) is 3.77. The number of rotatable bonds is 2. The van der Waals surface area contributed by atoms with Crippen molar-refractivity contribution in [3.05, 3.63) is 57.5 Å². The molecule has 0 bridgehead atoms. The van der Waals surface area contributed by atoms with Crippen LogP contribution in [0.15, 0.2) is 57.5 Å². The molecule has 0 aliphatic heterocycles. The maximum absolute atomic E-state index is 4.27. The molecule has 2 nitrogen and oxygen atoms in total. The monoisotopic (exact) mass is 394 g/mol. The van der Waals surface area contributed by atoms with E-state index in [4.69, 9.17) is 0 Å². The molecule has 0 aliphatic rings. The Morgan fingerprint density at radius 3 is 2.21 bits per heavy atom. The molecular weight excluding hydrogens is 388 g/mol. The van der Waals surface area contributed by atoms with Crippen LogP contribution in [-0.4, -0.2) is 10.2 Å². The van der Waals surface area contributed by atoms with Gasteiger partial charge in [-0.05, 0) is 18.2 Å². The van der Waals surface area contributed by atoms with E-state index in [1.165, 1.54) is 0 Å². The summed E-state index contributed by atoms with van der Waals surface area (Å²) in [4.78, 5) is 0. The highest BCUT2D eigenvalue weighted by atomic mass is 79.9. The van der Waals surface area contributed by atoms with Gasteiger partial charge in [0.2, 0.25) is 0 Å². The summed E-state index contributed by atoms with van der Waals surface area (Å²) in [6.07, 6.45) is 0. The summed E-state index contributed by atoms with van der Waals surface area (Å²) in [6, 6.07) is 16.1. The van der Waals surface area contributed by atoms with Crippen molar-refractivity contribution in [2.45, 2.75) is 0 Å². The van der Waals surface area contributed by atoms with Crippen molar-refractivity contribution in [3.63, 3.8) is 0 Å². The lowest BCUT2D eigenvalue weighted by Gasteiger charge is -1.97. The van der Waals surface area contributed by atoms with Gasteiger partial charge in [0.05, 0.1) is 0 Å². The Hall–Kier alpha value is -1.04. The molecule has 19 heavy (non-hydrogen) atoms. The van der Waals surface area contributed by atoms with Crippen LogP contribution in [-0.2, 0) is 0 Å². The fourth-order valence-electron chi connectivity index (χ4n) is 1.68. The van der Waals surface area contributed by atoms with Crippen molar-refractivity contribution >= 4 is 43.2 Å². The van der Waals surface area contributed by atoms with Crippen LogP contribution in [0.5, 0.6) is 0 Å². The van der Waals surface area contributed by atoms with Crippen LogP contribution in [0.1, 0.15) is 0 Å². The second kappa shape index (κ2) is 5.53. The Bertz CT molecular complexity index is 707. The van der Waals surface area contributed by atoms with E-state index in [0.29, 0.717) is 0 Å². The largest absolute Gasteiger partial charge is 0.149 e. The van der Waals surface area contributed by atoms with Gasteiger partial charge in [0.25, 0.3) is 0 Å². The molecule has 1 aromatic heterocycles. The van der Waals surface area contributed by atoms with Crippen LogP contribution in [0.25, 0.3) is 21.1 Å². The van der Waals surface area contributed by atoms with Gasteiger partial charge >= 0.3 is 0 Å². The molecule has 0 saturated carbocycles. The highest BCUT2D eigenvalue weighted by Crippen LogP contribution is 2.33. The number of hydrogen-bond donors (Lipinski definition) is 0. The quantitative estimate of drug-likeness (QED) is 0.580. The van der Waals surface area contributed by atoms with Crippen LogP contribution in [0.2, 0.25) is 0 Å². The molecule has 3 aromatic rings. The number of hydrogen-bond acceptors (Lipinski definition) is 3. The van der Waals surface area contributed by atoms with Crippen molar-refractivity contribution in [1.82, 2.24) is 10.2 Å². The van der Waals surface area contributed by atoms with Gasteiger partial charge in [-0.25, -0.2) is 0 Å². The lowest BCUT2D eigenvalue weighted by molar-refractivity contribution is 1.10. The van der Waals surface area contributed by atoms with Crippen molar-refractivity contribution in [2.24, 2.45) is 0 Å². The first-order valence-corrected chi connectivity index (χ1v) is 7.98. The molecule has 3 rings (SSSR count). The van der Waals surface area contributed by atoms with E-state index >= 15 is 0 Å². The molecule has 0 saturated heterocycles. The minimum Gasteiger partial charge on any atom is -0.138 e. The first-order chi connectivity index (χ1) is 9.24. The van der Waals surface area contributed by atoms with Crippen LogP contribution in [0, 0.1) is 0 Å². The van der Waals surface area contributed by atoms with Crippen molar-refractivity contribution < 1.29 is 0 Å². The van der Waals surface area contributed by atoms with E-state index in [1.807, 2.05) is 48.5 Å². The minimum absolute atomic E-state index is 0.922. The van der Waals surface area contributed by atoms with Gasteiger partial charge in [0, 0.05) is 20.1 Å². The molecule has 94 valence electrons. The molecule has 0 unspecified atom stereocenters. The molecule has 5 heteroatoms. The van der Waals surface area contributed by atoms with E-state index in [0.717, 1.165) is 30.1 Å². The first-order valence-electron chi connectivity index (χ1n) is 5.58. The second-order valence-corrected chi connectivity index (χ2v) is 6.65. The highest BCUT2D eigenvalue weighted by molar-refractivity contribution is 9.10. The summed E-state index contributed by atoms with van der Waals surface area (Å²) in [5, 5.41) is 10.4. The normalized spacial score (nSPS) is 10.6. The average Bonchev–Trinajstić information content (AvgIpc) is 2.89. The lowest BCUT2D eigenvalue weighted by Crippen LogP contribution is -1.78. The SMILES string of the molecule is Brc1ccc(-c2nnc(-c3ccccc3Br)s2)cc1. The first kappa shape index (κ1) is 13.0. The summed E-state index contributed by atoms with van der Waals surface area (Å²) in [5.41, 5.74) is 2.15. The van der Waals surface area contributed by atoms with E-state index in [-0.39, 0.29) is 0 Å². The molecule has 0 fully saturated rings. The molecule has 2 aromatic carbocycles. The predicted molar refractivity (Wildman–Crippen MR) is 86.2 cm³/mol. The summed E-state index contributed by atoms with van der Waals surface area (Å²) in [6.45, 7) is 0. The zero-order valence-corrected chi connectivity index (χ0v) is 13.7. The van der Waals surface area contributed by atoms with Crippen LogP contribution in [0.4, 0.5) is 0 Å². The molecular formula is C14H8Br2N2S. The van der Waals surface area contributed by atoms with Gasteiger partial charge in [0.1, 0.15) is 10.0 Å². The van der Waals surface area contributed by atoms with Crippen LogP contribution < -0.4 is 0 Å². The maximum atomic E-state index is 4.27. The predicted octanol–water partition coefficient (Wildman–Crippen LogP) is 5.40. The van der Waals surface area contributed by atoms with Gasteiger partial charge in [-0.1, -0.05) is 73.5 Å². The third-order valence-corrected chi connectivity index (χ3v) is 4.85. The van der Waals surface area contributed by atoms with Gasteiger partial charge < -0.3 is 0 Å². The number of nitrogens with zero attached hydrogens (tertiary/aromatic N) is 2. The second-order valence-electron chi connectivity index (χ2n) is 3.90. The lowest BCUT2D eigenvalue weighted by atomic mass is 10.2. The molecule has 0 spiro atoms. The van der Waals surface area contributed by atoms with E-state index in [1.54, 1.807) is 11.3 Å². The molecule has 0 atom stereocenters. The standard InChI is InChI=1S/C14H8Br2N2S/c15-10-7-5-9(6-8-10)13-17-18-14(19-13)11-3-1-2-4-12(11)16/h1-8H. The summed E-state index contributed by atoms with van der Waals surface area (Å²) < 4.78 is 2.10. The Labute approximate surface area is 131 Å². The van der Waals surface area contributed by atoms with Crippen molar-refractivity contribution in [3.8, 4) is 21.1 Å². The topological polar surface area (TPSA) is 25.8 Å². The Morgan fingerprint density at radius 2 is 1.47 bits per heavy atom. The third kappa shape index (κ3) is 2.78. The fraction of sp³-hybridized carbons (Fsp3) is 0. The van der Waals surface area contributed by atoms with E-state index in [9.17, 15) is 0 Å². The Balaban J connectivity index is 2.00. The van der Waals surface area contributed by atoms with E-state index < -0.39 is 0 Å². The van der Waals surface area contributed by atoms with Gasteiger partial charge in [-0.15, -0.1) is 10.2 Å². The molecule has 1 heterocycles. The zero-order valence-electron chi connectivity index (χ0n) is 9.68. The molecule has 0 amide bonds. The molecule has 0 N–H and O–H groups in total.